The molecule has 4 heteroatoms. The van der Waals surface area contributed by atoms with Crippen molar-refractivity contribution in [3.8, 4) is 0 Å². The molecular weight excluding hydrogens is 328 g/mol. The maximum atomic E-state index is 10.5. The normalized spacial score (nSPS) is 30.9. The third kappa shape index (κ3) is 1.68. The van der Waals surface area contributed by atoms with Gasteiger partial charge in [0.05, 0.1) is 13.2 Å². The van der Waals surface area contributed by atoms with Gasteiger partial charge in [-0.3, -0.25) is 0 Å². The summed E-state index contributed by atoms with van der Waals surface area (Å²) in [5, 5.41) is 27.5. The first-order chi connectivity index (χ1) is 12.7. The summed E-state index contributed by atoms with van der Waals surface area (Å²) in [6, 6.07) is 19.1. The lowest BCUT2D eigenvalue weighted by Gasteiger charge is -2.30. The van der Waals surface area contributed by atoms with Gasteiger partial charge in [0.15, 0.2) is 0 Å². The van der Waals surface area contributed by atoms with Gasteiger partial charge in [-0.05, 0) is 37.9 Å². The standard InChI is InChI=1S/C22H18O4/c23-10-22-11-25-20(21(22)24)19(26-22)16-9-7-14-5-4-12-2-1-3-13-6-8-15(16)18(14)17(12)13/h1-9,19-21,23-24H,10-11H2/t19-,20+,21+,22+/m0/s1. The molecule has 6 rings (SSSR count). The van der Waals surface area contributed by atoms with E-state index in [2.05, 4.69) is 54.6 Å². The second kappa shape index (κ2) is 4.93. The van der Waals surface area contributed by atoms with E-state index in [1.54, 1.807) is 0 Å². The van der Waals surface area contributed by atoms with E-state index in [1.807, 2.05) is 0 Å². The first-order valence-electron chi connectivity index (χ1n) is 8.97. The first kappa shape index (κ1) is 14.9. The number of hydrogen-bond donors (Lipinski definition) is 2. The average molecular weight is 346 g/mol. The van der Waals surface area contributed by atoms with Crippen molar-refractivity contribution in [2.45, 2.75) is 23.9 Å². The number of aliphatic hydroxyl groups is 2. The Morgan fingerprint density at radius 2 is 1.62 bits per heavy atom. The van der Waals surface area contributed by atoms with Crippen molar-refractivity contribution >= 4 is 32.3 Å². The molecule has 2 aliphatic heterocycles. The van der Waals surface area contributed by atoms with E-state index >= 15 is 0 Å². The molecule has 2 N–H and O–H groups in total. The second-order valence-corrected chi connectivity index (χ2v) is 7.49. The molecular formula is C22H18O4. The van der Waals surface area contributed by atoms with Gasteiger partial charge < -0.3 is 19.7 Å². The van der Waals surface area contributed by atoms with Crippen LogP contribution in [0.3, 0.4) is 0 Å². The average Bonchev–Trinajstić information content (AvgIpc) is 3.16. The van der Waals surface area contributed by atoms with E-state index < -0.39 is 17.8 Å². The van der Waals surface area contributed by atoms with Gasteiger partial charge in [-0.15, -0.1) is 0 Å². The molecule has 4 aromatic rings. The lowest BCUT2D eigenvalue weighted by molar-refractivity contribution is -0.162. The van der Waals surface area contributed by atoms with Crippen molar-refractivity contribution in [1.82, 2.24) is 0 Å². The molecule has 130 valence electrons. The molecule has 2 aliphatic rings. The van der Waals surface area contributed by atoms with E-state index in [4.69, 9.17) is 9.47 Å². The van der Waals surface area contributed by atoms with Crippen LogP contribution in [0, 0.1) is 0 Å². The molecule has 2 saturated heterocycles. The number of fused-ring (bicyclic) bond motifs is 2. The summed E-state index contributed by atoms with van der Waals surface area (Å²) >= 11 is 0. The molecule has 4 atom stereocenters. The van der Waals surface area contributed by atoms with Gasteiger partial charge in [0.2, 0.25) is 0 Å². The molecule has 4 aromatic carbocycles. The summed E-state index contributed by atoms with van der Waals surface area (Å²) in [4.78, 5) is 0. The lowest BCUT2D eigenvalue weighted by atomic mass is 9.89. The van der Waals surface area contributed by atoms with Crippen molar-refractivity contribution in [2.24, 2.45) is 0 Å². The summed E-state index contributed by atoms with van der Waals surface area (Å²) < 4.78 is 11.9. The van der Waals surface area contributed by atoms with Crippen molar-refractivity contribution < 1.29 is 19.7 Å². The minimum atomic E-state index is -1.00. The zero-order valence-corrected chi connectivity index (χ0v) is 14.1. The highest BCUT2D eigenvalue weighted by Crippen LogP contribution is 2.49. The van der Waals surface area contributed by atoms with Crippen LogP contribution in [0.25, 0.3) is 32.3 Å². The quantitative estimate of drug-likeness (QED) is 0.548. The summed E-state index contributed by atoms with van der Waals surface area (Å²) in [5.74, 6) is 0. The Balaban J connectivity index is 1.63. The summed E-state index contributed by atoms with van der Waals surface area (Å²) in [7, 11) is 0. The zero-order valence-electron chi connectivity index (χ0n) is 14.1. The fourth-order valence-electron chi connectivity index (χ4n) is 4.81. The van der Waals surface area contributed by atoms with Gasteiger partial charge in [-0.25, -0.2) is 0 Å². The molecule has 0 aliphatic carbocycles. The molecule has 26 heavy (non-hydrogen) atoms. The molecule has 2 bridgehead atoms. The highest BCUT2D eigenvalue weighted by atomic mass is 16.6. The van der Waals surface area contributed by atoms with Crippen LogP contribution in [0.2, 0.25) is 0 Å². The Bertz CT molecular complexity index is 1140. The topological polar surface area (TPSA) is 58.9 Å². The predicted octanol–water partition coefficient (Wildman–Crippen LogP) is 3.15. The number of rotatable bonds is 2. The number of ether oxygens (including phenoxy) is 2. The van der Waals surface area contributed by atoms with Crippen LogP contribution in [0.15, 0.2) is 54.6 Å². The zero-order chi connectivity index (χ0) is 17.5. The second-order valence-electron chi connectivity index (χ2n) is 7.49. The van der Waals surface area contributed by atoms with Crippen LogP contribution in [-0.2, 0) is 9.47 Å². The molecule has 0 saturated carbocycles. The third-order valence-corrected chi connectivity index (χ3v) is 6.17. The molecule has 2 heterocycles. The fraction of sp³-hybridized carbons (Fsp3) is 0.273. The van der Waals surface area contributed by atoms with Gasteiger partial charge >= 0.3 is 0 Å². The van der Waals surface area contributed by atoms with Gasteiger partial charge in [0.25, 0.3) is 0 Å². The van der Waals surface area contributed by atoms with Crippen LogP contribution in [0.4, 0.5) is 0 Å². The minimum absolute atomic E-state index is 0.234. The number of hydrogen-bond acceptors (Lipinski definition) is 4. The van der Waals surface area contributed by atoms with Crippen molar-refractivity contribution in [3.05, 3.63) is 60.2 Å². The Kier molecular flexibility index (Phi) is 2.82. The van der Waals surface area contributed by atoms with Crippen LogP contribution in [0.5, 0.6) is 0 Å². The predicted molar refractivity (Wildman–Crippen MR) is 99.5 cm³/mol. The maximum Gasteiger partial charge on any atom is 0.144 e. The summed E-state index contributed by atoms with van der Waals surface area (Å²) in [6.07, 6.45) is -1.63. The minimum Gasteiger partial charge on any atom is -0.393 e. The summed E-state index contributed by atoms with van der Waals surface area (Å²) in [5.41, 5.74) is 0.00841. The maximum absolute atomic E-state index is 10.5. The Morgan fingerprint density at radius 1 is 0.923 bits per heavy atom. The largest absolute Gasteiger partial charge is 0.393 e. The van der Waals surface area contributed by atoms with Crippen LogP contribution >= 0.6 is 0 Å². The SMILES string of the molecule is OC[C@@]12CO[C@@H]([C@H]1O)[C@H](c1ccc3ccc4cccc5ccc1c3c45)O2. The molecule has 0 aromatic heterocycles. The van der Waals surface area contributed by atoms with Crippen LogP contribution < -0.4 is 0 Å². The Labute approximate surface area is 149 Å². The van der Waals surface area contributed by atoms with Crippen LogP contribution in [0.1, 0.15) is 11.7 Å². The Hall–Kier alpha value is -2.24. The molecule has 0 unspecified atom stereocenters. The van der Waals surface area contributed by atoms with E-state index in [0.717, 1.165) is 10.9 Å². The fourth-order valence-corrected chi connectivity index (χ4v) is 4.81. The van der Waals surface area contributed by atoms with E-state index in [9.17, 15) is 10.2 Å². The van der Waals surface area contributed by atoms with E-state index in [1.165, 1.54) is 26.9 Å². The summed E-state index contributed by atoms with van der Waals surface area (Å²) in [6.45, 7) is -0.00926. The van der Waals surface area contributed by atoms with Crippen molar-refractivity contribution in [3.63, 3.8) is 0 Å². The number of aliphatic hydroxyl groups excluding tert-OH is 2. The van der Waals surface area contributed by atoms with E-state index in [-0.39, 0.29) is 19.3 Å². The van der Waals surface area contributed by atoms with Crippen molar-refractivity contribution in [1.29, 1.82) is 0 Å². The van der Waals surface area contributed by atoms with Crippen LogP contribution in [-0.4, -0.2) is 41.2 Å². The Morgan fingerprint density at radius 3 is 2.35 bits per heavy atom. The molecule has 0 amide bonds. The third-order valence-electron chi connectivity index (χ3n) is 6.17. The first-order valence-corrected chi connectivity index (χ1v) is 8.97. The van der Waals surface area contributed by atoms with Gasteiger partial charge in [0, 0.05) is 0 Å². The highest BCUT2D eigenvalue weighted by molar-refractivity contribution is 6.23. The lowest BCUT2D eigenvalue weighted by Crippen LogP contribution is -2.43. The smallest absolute Gasteiger partial charge is 0.144 e. The van der Waals surface area contributed by atoms with Gasteiger partial charge in [-0.1, -0.05) is 54.6 Å². The molecule has 4 nitrogen and oxygen atoms in total. The number of benzene rings is 4. The van der Waals surface area contributed by atoms with Gasteiger partial charge in [-0.2, -0.15) is 0 Å². The van der Waals surface area contributed by atoms with Crippen molar-refractivity contribution in [2.75, 3.05) is 13.2 Å². The highest BCUT2D eigenvalue weighted by Gasteiger charge is 2.61. The monoisotopic (exact) mass is 346 g/mol. The molecule has 0 radical (unpaired) electrons. The molecule has 2 fully saturated rings. The molecule has 0 spiro atoms. The van der Waals surface area contributed by atoms with Gasteiger partial charge in [0.1, 0.15) is 23.9 Å². The van der Waals surface area contributed by atoms with E-state index in [0.29, 0.717) is 0 Å².